The fourth-order valence-corrected chi connectivity index (χ4v) is 3.06. The number of thiazole rings is 1. The van der Waals surface area contributed by atoms with Crippen molar-refractivity contribution in [3.63, 3.8) is 0 Å². The average molecular weight is 258 g/mol. The molecule has 18 heavy (non-hydrogen) atoms. The Hall–Kier alpha value is -1.19. The topological polar surface area (TPSA) is 24.9 Å². The van der Waals surface area contributed by atoms with E-state index in [1.807, 2.05) is 13.2 Å². The molecular weight excluding hydrogens is 240 g/mol. The molecule has 0 spiro atoms. The van der Waals surface area contributed by atoms with Crippen molar-refractivity contribution >= 4 is 11.3 Å². The minimum absolute atomic E-state index is 0.377. The third kappa shape index (κ3) is 2.33. The highest BCUT2D eigenvalue weighted by Crippen LogP contribution is 2.40. The Morgan fingerprint density at radius 2 is 2.00 bits per heavy atom. The maximum atomic E-state index is 4.52. The van der Waals surface area contributed by atoms with E-state index in [4.69, 9.17) is 0 Å². The smallest absolute Gasteiger partial charge is 0.123 e. The van der Waals surface area contributed by atoms with E-state index in [1.165, 1.54) is 28.8 Å². The van der Waals surface area contributed by atoms with Gasteiger partial charge in [-0.05, 0) is 38.3 Å². The molecule has 3 heteroatoms. The van der Waals surface area contributed by atoms with E-state index < -0.39 is 0 Å². The summed E-state index contributed by atoms with van der Waals surface area (Å²) in [5.74, 6) is 0.829. The van der Waals surface area contributed by atoms with Gasteiger partial charge in [0.25, 0.3) is 0 Å². The highest BCUT2D eigenvalue weighted by atomic mass is 32.1. The van der Waals surface area contributed by atoms with Crippen LogP contribution in [-0.4, -0.2) is 12.0 Å². The number of aromatic nitrogens is 1. The van der Waals surface area contributed by atoms with Gasteiger partial charge in [-0.1, -0.05) is 24.3 Å². The zero-order chi connectivity index (χ0) is 12.5. The van der Waals surface area contributed by atoms with Gasteiger partial charge in [-0.2, -0.15) is 0 Å². The molecule has 2 aromatic rings. The average Bonchev–Trinajstić information content (AvgIpc) is 3.15. The molecule has 1 heterocycles. The van der Waals surface area contributed by atoms with Gasteiger partial charge in [0.15, 0.2) is 0 Å². The predicted octanol–water partition coefficient (Wildman–Crippen LogP) is 3.97. The maximum Gasteiger partial charge on any atom is 0.123 e. The molecule has 1 aliphatic rings. The summed E-state index contributed by atoms with van der Waals surface area (Å²) < 4.78 is 0. The molecule has 1 saturated carbocycles. The van der Waals surface area contributed by atoms with E-state index in [1.54, 1.807) is 11.3 Å². The van der Waals surface area contributed by atoms with Crippen LogP contribution in [-0.2, 0) is 0 Å². The first-order valence-electron chi connectivity index (χ1n) is 6.51. The van der Waals surface area contributed by atoms with Crippen molar-refractivity contribution < 1.29 is 0 Å². The van der Waals surface area contributed by atoms with Gasteiger partial charge in [0, 0.05) is 22.7 Å². The van der Waals surface area contributed by atoms with Crippen LogP contribution in [0.25, 0.3) is 10.6 Å². The fraction of sp³-hybridized carbons (Fsp3) is 0.400. The molecule has 1 aromatic carbocycles. The summed E-state index contributed by atoms with van der Waals surface area (Å²) in [5, 5.41) is 4.37. The van der Waals surface area contributed by atoms with E-state index in [2.05, 4.69) is 41.5 Å². The molecule has 1 aliphatic carbocycles. The van der Waals surface area contributed by atoms with Gasteiger partial charge in [-0.15, -0.1) is 11.3 Å². The van der Waals surface area contributed by atoms with E-state index in [0.717, 1.165) is 10.9 Å². The van der Waals surface area contributed by atoms with Crippen molar-refractivity contribution in [1.82, 2.24) is 10.3 Å². The molecule has 0 aliphatic heterocycles. The lowest BCUT2D eigenvalue weighted by molar-refractivity contribution is 0.662. The maximum absolute atomic E-state index is 4.52. The molecular formula is C15H18N2S. The van der Waals surface area contributed by atoms with Crippen molar-refractivity contribution in [3.8, 4) is 10.6 Å². The minimum Gasteiger partial charge on any atom is -0.312 e. The Morgan fingerprint density at radius 1 is 1.28 bits per heavy atom. The lowest BCUT2D eigenvalue weighted by Crippen LogP contribution is -2.10. The van der Waals surface area contributed by atoms with E-state index in [0.29, 0.717) is 6.04 Å². The van der Waals surface area contributed by atoms with Gasteiger partial charge in [0.1, 0.15) is 5.01 Å². The summed E-state index contributed by atoms with van der Waals surface area (Å²) >= 11 is 1.77. The normalized spacial score (nSPS) is 16.8. The van der Waals surface area contributed by atoms with Gasteiger partial charge in [0.05, 0.1) is 0 Å². The van der Waals surface area contributed by atoms with Crippen molar-refractivity contribution in [1.29, 1.82) is 0 Å². The number of hydrogen-bond donors (Lipinski definition) is 1. The Morgan fingerprint density at radius 3 is 2.61 bits per heavy atom. The van der Waals surface area contributed by atoms with Crippen LogP contribution in [0.3, 0.4) is 0 Å². The van der Waals surface area contributed by atoms with Gasteiger partial charge in [-0.25, -0.2) is 4.98 Å². The fourth-order valence-electron chi connectivity index (χ4n) is 2.08. The molecule has 0 saturated heterocycles. The van der Waals surface area contributed by atoms with Crippen LogP contribution in [0.4, 0.5) is 0 Å². The van der Waals surface area contributed by atoms with Crippen molar-refractivity contribution in [2.45, 2.75) is 31.7 Å². The summed E-state index contributed by atoms with van der Waals surface area (Å²) in [6.07, 6.45) is 4.71. The first-order valence-corrected chi connectivity index (χ1v) is 7.33. The Labute approximate surface area is 112 Å². The lowest BCUT2D eigenvalue weighted by Gasteiger charge is -2.05. The second-order valence-corrected chi connectivity index (χ2v) is 6.04. The lowest BCUT2D eigenvalue weighted by atomic mass is 10.1. The molecule has 0 bridgehead atoms. The number of rotatable bonds is 4. The summed E-state index contributed by atoms with van der Waals surface area (Å²) in [6, 6.07) is 9.31. The van der Waals surface area contributed by atoms with Crippen molar-refractivity contribution in [2.24, 2.45) is 0 Å². The van der Waals surface area contributed by atoms with Crippen LogP contribution in [0, 0.1) is 0 Å². The summed E-state index contributed by atoms with van der Waals surface area (Å²) in [4.78, 5) is 5.81. The summed E-state index contributed by atoms with van der Waals surface area (Å²) in [7, 11) is 1.98. The van der Waals surface area contributed by atoms with Crippen LogP contribution in [0.1, 0.15) is 42.2 Å². The minimum atomic E-state index is 0.377. The standard InChI is InChI=1S/C15H18N2S/c1-10(16-2)14-9-17-15(18-14)13-7-5-12(6-8-13)11-3-4-11/h5-11,16H,3-4H2,1-2H3. The van der Waals surface area contributed by atoms with Gasteiger partial charge in [-0.3, -0.25) is 0 Å². The molecule has 0 amide bonds. The van der Waals surface area contributed by atoms with Crippen molar-refractivity contribution in [2.75, 3.05) is 7.05 Å². The van der Waals surface area contributed by atoms with Crippen LogP contribution >= 0.6 is 11.3 Å². The van der Waals surface area contributed by atoms with Crippen molar-refractivity contribution in [3.05, 3.63) is 40.9 Å². The number of nitrogens with zero attached hydrogens (tertiary/aromatic N) is 1. The predicted molar refractivity (Wildman–Crippen MR) is 77.0 cm³/mol. The van der Waals surface area contributed by atoms with Gasteiger partial charge >= 0.3 is 0 Å². The Bertz CT molecular complexity index is 526. The first kappa shape index (κ1) is 11.9. The molecule has 1 fully saturated rings. The van der Waals surface area contributed by atoms with Crippen LogP contribution in [0.15, 0.2) is 30.5 Å². The van der Waals surface area contributed by atoms with E-state index in [-0.39, 0.29) is 0 Å². The number of hydrogen-bond acceptors (Lipinski definition) is 3. The summed E-state index contributed by atoms with van der Waals surface area (Å²) in [5.41, 5.74) is 2.72. The molecule has 1 N–H and O–H groups in total. The first-order chi connectivity index (χ1) is 8.78. The Balaban J connectivity index is 1.82. The highest BCUT2D eigenvalue weighted by Gasteiger charge is 2.23. The molecule has 1 unspecified atom stereocenters. The molecule has 94 valence electrons. The third-order valence-electron chi connectivity index (χ3n) is 3.59. The second kappa shape index (κ2) is 4.82. The number of nitrogens with one attached hydrogen (secondary N) is 1. The molecule has 2 nitrogen and oxygen atoms in total. The Kier molecular flexibility index (Phi) is 3.18. The SMILES string of the molecule is CNC(C)c1cnc(-c2ccc(C3CC3)cc2)s1. The van der Waals surface area contributed by atoms with Crippen LogP contribution in [0.5, 0.6) is 0 Å². The van der Waals surface area contributed by atoms with E-state index in [9.17, 15) is 0 Å². The largest absolute Gasteiger partial charge is 0.312 e. The number of benzene rings is 1. The zero-order valence-electron chi connectivity index (χ0n) is 10.8. The van der Waals surface area contributed by atoms with Crippen LogP contribution < -0.4 is 5.32 Å². The van der Waals surface area contributed by atoms with Gasteiger partial charge in [0.2, 0.25) is 0 Å². The summed E-state index contributed by atoms with van der Waals surface area (Å²) in [6.45, 7) is 2.16. The highest BCUT2D eigenvalue weighted by molar-refractivity contribution is 7.15. The third-order valence-corrected chi connectivity index (χ3v) is 4.82. The van der Waals surface area contributed by atoms with E-state index >= 15 is 0 Å². The molecule has 1 atom stereocenters. The monoisotopic (exact) mass is 258 g/mol. The molecule has 0 radical (unpaired) electrons. The molecule has 1 aromatic heterocycles. The van der Waals surface area contributed by atoms with Crippen LogP contribution in [0.2, 0.25) is 0 Å². The van der Waals surface area contributed by atoms with Gasteiger partial charge < -0.3 is 5.32 Å². The second-order valence-electron chi connectivity index (χ2n) is 4.97. The molecule has 3 rings (SSSR count). The quantitative estimate of drug-likeness (QED) is 0.897. The zero-order valence-corrected chi connectivity index (χ0v) is 11.6.